The molecule has 3 rings (SSSR count). The molecule has 1 aromatic carbocycles. The molecule has 23 heavy (non-hydrogen) atoms. The first-order valence-electron chi connectivity index (χ1n) is 8.11. The number of nitrogens with zero attached hydrogens (tertiary/aromatic N) is 1. The molecule has 0 radical (unpaired) electrons. The number of piperidine rings is 1. The summed E-state index contributed by atoms with van der Waals surface area (Å²) in [5.74, 6) is -0.00718. The number of anilines is 1. The Morgan fingerprint density at radius 3 is 2.87 bits per heavy atom. The molecule has 1 amide bonds. The van der Waals surface area contributed by atoms with Crippen LogP contribution >= 0.6 is 0 Å². The Morgan fingerprint density at radius 1 is 1.26 bits per heavy atom. The molecule has 0 aliphatic carbocycles. The van der Waals surface area contributed by atoms with Gasteiger partial charge in [-0.1, -0.05) is 0 Å². The van der Waals surface area contributed by atoms with Crippen LogP contribution in [0, 0.1) is 0 Å². The van der Waals surface area contributed by atoms with Crippen LogP contribution in [0.3, 0.4) is 0 Å². The Morgan fingerprint density at radius 2 is 2.09 bits per heavy atom. The minimum atomic E-state index is -3.48. The summed E-state index contributed by atoms with van der Waals surface area (Å²) < 4.78 is 27.4. The number of amides is 1. The van der Waals surface area contributed by atoms with Crippen molar-refractivity contribution in [2.75, 3.05) is 25.5 Å². The highest BCUT2D eigenvalue weighted by molar-refractivity contribution is 7.89. The predicted octanol–water partition coefficient (Wildman–Crippen LogP) is 1.33. The van der Waals surface area contributed by atoms with Crippen LogP contribution in [0.15, 0.2) is 23.1 Å². The van der Waals surface area contributed by atoms with Crippen molar-refractivity contribution >= 4 is 21.6 Å². The lowest BCUT2D eigenvalue weighted by Gasteiger charge is -2.31. The Bertz CT molecular complexity index is 703. The largest absolute Gasteiger partial charge is 0.326 e. The van der Waals surface area contributed by atoms with Gasteiger partial charge in [0, 0.05) is 31.2 Å². The Hall–Kier alpha value is -1.44. The number of carbonyl (C=O) groups is 1. The molecule has 0 aromatic heterocycles. The second-order valence-corrected chi connectivity index (χ2v) is 8.15. The fraction of sp³-hybridized carbons (Fsp3) is 0.562. The first-order valence-corrected chi connectivity index (χ1v) is 9.55. The highest BCUT2D eigenvalue weighted by atomic mass is 32.2. The third-order valence-corrected chi connectivity index (χ3v) is 6.49. The van der Waals surface area contributed by atoms with Crippen molar-refractivity contribution in [1.82, 2.24) is 9.62 Å². The number of aryl methyl sites for hydroxylation is 1. The molecular formula is C16H23N3O3S. The Balaban J connectivity index is 1.88. The molecule has 1 aromatic rings. The van der Waals surface area contributed by atoms with Crippen LogP contribution < -0.4 is 10.6 Å². The van der Waals surface area contributed by atoms with E-state index in [9.17, 15) is 13.2 Å². The zero-order valence-electron chi connectivity index (χ0n) is 13.3. The van der Waals surface area contributed by atoms with E-state index in [2.05, 4.69) is 10.6 Å². The summed E-state index contributed by atoms with van der Waals surface area (Å²) in [5.41, 5.74) is 1.64. The number of rotatable bonds is 3. The van der Waals surface area contributed by atoms with Crippen molar-refractivity contribution in [3.8, 4) is 0 Å². The first kappa shape index (κ1) is 16.4. The molecule has 1 saturated heterocycles. The van der Waals surface area contributed by atoms with Gasteiger partial charge < -0.3 is 10.6 Å². The minimum Gasteiger partial charge on any atom is -0.326 e. The molecule has 7 heteroatoms. The van der Waals surface area contributed by atoms with Gasteiger partial charge in [0.2, 0.25) is 15.9 Å². The monoisotopic (exact) mass is 337 g/mol. The van der Waals surface area contributed by atoms with E-state index in [1.54, 1.807) is 22.5 Å². The van der Waals surface area contributed by atoms with E-state index in [1.807, 2.05) is 7.05 Å². The number of likely N-dealkylation sites (N-methyl/N-ethyl adjacent to an activating group) is 1. The normalized spacial score (nSPS) is 23.0. The van der Waals surface area contributed by atoms with Gasteiger partial charge in [0.05, 0.1) is 4.90 Å². The van der Waals surface area contributed by atoms with E-state index in [-0.39, 0.29) is 11.9 Å². The van der Waals surface area contributed by atoms with E-state index in [0.717, 1.165) is 36.9 Å². The Kier molecular flexibility index (Phi) is 4.70. The lowest BCUT2D eigenvalue weighted by molar-refractivity contribution is -0.116. The average molecular weight is 337 g/mol. The fourth-order valence-electron chi connectivity index (χ4n) is 3.26. The molecule has 1 unspecified atom stereocenters. The Labute approximate surface area is 137 Å². The van der Waals surface area contributed by atoms with Gasteiger partial charge in [0.25, 0.3) is 0 Å². The maximum atomic E-state index is 12.9. The first-order chi connectivity index (χ1) is 11.0. The molecule has 126 valence electrons. The van der Waals surface area contributed by atoms with Crippen molar-refractivity contribution in [3.63, 3.8) is 0 Å². The third kappa shape index (κ3) is 3.41. The molecule has 1 atom stereocenters. The van der Waals surface area contributed by atoms with E-state index >= 15 is 0 Å². The summed E-state index contributed by atoms with van der Waals surface area (Å²) in [4.78, 5) is 11.9. The molecule has 2 heterocycles. The van der Waals surface area contributed by atoms with Gasteiger partial charge in [-0.05, 0) is 56.5 Å². The molecule has 2 N–H and O–H groups in total. The summed E-state index contributed by atoms with van der Waals surface area (Å²) in [6.07, 6.45) is 3.81. The topological polar surface area (TPSA) is 78.5 Å². The van der Waals surface area contributed by atoms with Crippen LogP contribution in [0.2, 0.25) is 0 Å². The summed E-state index contributed by atoms with van der Waals surface area (Å²) in [6, 6.07) is 5.24. The van der Waals surface area contributed by atoms with Crippen molar-refractivity contribution in [3.05, 3.63) is 23.8 Å². The molecule has 0 saturated carbocycles. The number of fused-ring (bicyclic) bond motifs is 1. The number of benzene rings is 1. The molecule has 2 aliphatic rings. The molecule has 0 bridgehead atoms. The van der Waals surface area contributed by atoms with E-state index in [1.165, 1.54) is 0 Å². The zero-order chi connectivity index (χ0) is 16.4. The smallest absolute Gasteiger partial charge is 0.243 e. The number of hydrogen-bond donors (Lipinski definition) is 2. The number of sulfonamides is 1. The highest BCUT2D eigenvalue weighted by Crippen LogP contribution is 2.27. The molecule has 6 nitrogen and oxygen atoms in total. The SMILES string of the molecule is CNC1CCCN(S(=O)(=O)c2ccc3c(c2)CCCC(=O)N3)C1. The van der Waals surface area contributed by atoms with Gasteiger partial charge in [0.15, 0.2) is 0 Å². The number of hydrogen-bond acceptors (Lipinski definition) is 4. The second kappa shape index (κ2) is 6.59. The summed E-state index contributed by atoms with van der Waals surface area (Å²) in [5, 5.41) is 6.01. The van der Waals surface area contributed by atoms with Crippen LogP contribution in [-0.4, -0.2) is 44.8 Å². The maximum absolute atomic E-state index is 12.9. The zero-order valence-corrected chi connectivity index (χ0v) is 14.2. The van der Waals surface area contributed by atoms with Crippen molar-refractivity contribution in [2.24, 2.45) is 0 Å². The minimum absolute atomic E-state index is 0.00718. The number of nitrogens with one attached hydrogen (secondary N) is 2. The molecule has 2 aliphatic heterocycles. The van der Waals surface area contributed by atoms with Crippen molar-refractivity contribution < 1.29 is 13.2 Å². The van der Waals surface area contributed by atoms with Gasteiger partial charge in [-0.15, -0.1) is 0 Å². The fourth-order valence-corrected chi connectivity index (χ4v) is 4.83. The molecule has 0 spiro atoms. The van der Waals surface area contributed by atoms with E-state index in [4.69, 9.17) is 0 Å². The van der Waals surface area contributed by atoms with Crippen LogP contribution in [0.4, 0.5) is 5.69 Å². The summed E-state index contributed by atoms with van der Waals surface area (Å²) in [7, 11) is -1.62. The van der Waals surface area contributed by atoms with Gasteiger partial charge in [-0.3, -0.25) is 4.79 Å². The van der Waals surface area contributed by atoms with E-state index < -0.39 is 10.0 Å². The lowest BCUT2D eigenvalue weighted by Crippen LogP contribution is -2.46. The lowest BCUT2D eigenvalue weighted by atomic mass is 10.1. The summed E-state index contributed by atoms with van der Waals surface area (Å²) in [6.45, 7) is 1.07. The van der Waals surface area contributed by atoms with Crippen LogP contribution in [0.5, 0.6) is 0 Å². The highest BCUT2D eigenvalue weighted by Gasteiger charge is 2.30. The van der Waals surface area contributed by atoms with Crippen molar-refractivity contribution in [2.45, 2.75) is 43.0 Å². The quantitative estimate of drug-likeness (QED) is 0.872. The van der Waals surface area contributed by atoms with Crippen molar-refractivity contribution in [1.29, 1.82) is 0 Å². The predicted molar refractivity (Wildman–Crippen MR) is 88.9 cm³/mol. The molecule has 1 fully saturated rings. The van der Waals surface area contributed by atoms with E-state index in [0.29, 0.717) is 24.4 Å². The van der Waals surface area contributed by atoms with Gasteiger partial charge in [-0.25, -0.2) is 8.42 Å². The van der Waals surface area contributed by atoms with Gasteiger partial charge in [0.1, 0.15) is 0 Å². The van der Waals surface area contributed by atoms with Gasteiger partial charge in [-0.2, -0.15) is 4.31 Å². The average Bonchev–Trinajstić information content (AvgIpc) is 2.74. The van der Waals surface area contributed by atoms with Crippen LogP contribution in [-0.2, 0) is 21.2 Å². The molecular weight excluding hydrogens is 314 g/mol. The standard InChI is InChI=1S/C16H23N3O3S/c1-17-13-5-3-9-19(11-13)23(21,22)14-7-8-15-12(10-14)4-2-6-16(20)18-15/h7-8,10,13,17H,2-6,9,11H2,1H3,(H,18,20). The van der Waals surface area contributed by atoms with Crippen LogP contribution in [0.25, 0.3) is 0 Å². The summed E-state index contributed by atoms with van der Waals surface area (Å²) >= 11 is 0. The van der Waals surface area contributed by atoms with Gasteiger partial charge >= 0.3 is 0 Å². The second-order valence-electron chi connectivity index (χ2n) is 6.21. The van der Waals surface area contributed by atoms with Crippen LogP contribution in [0.1, 0.15) is 31.2 Å². The number of carbonyl (C=O) groups excluding carboxylic acids is 1. The third-order valence-electron chi connectivity index (χ3n) is 4.63. The maximum Gasteiger partial charge on any atom is 0.243 e.